The number of aromatic nitrogens is 2. The molecule has 1 aliphatic heterocycles. The van der Waals surface area contributed by atoms with Crippen LogP contribution in [-0.4, -0.2) is 70.2 Å². The summed E-state index contributed by atoms with van der Waals surface area (Å²) in [5, 5.41) is 13.6. The third kappa shape index (κ3) is 4.80. The van der Waals surface area contributed by atoms with Crippen molar-refractivity contribution in [3.63, 3.8) is 0 Å². The standard InChI is InChI=1S/C22H24ClFN4O5/c1-13-16(23)3-2-4-17(13)26-7-9-27(10-8-26)19(29)12-28-18-6-5-14(24)11-15(18)20(25-28)21(30)33-22(31)32/h2-4,14H,5-12H2,1H3,(H,31,32). The molecule has 2 heterocycles. The first-order valence-corrected chi connectivity index (χ1v) is 11.1. The van der Waals surface area contributed by atoms with E-state index in [1.807, 2.05) is 25.1 Å². The number of ether oxygens (including phenoxy) is 1. The minimum absolute atomic E-state index is 0.0642. The third-order valence-corrected chi connectivity index (χ3v) is 6.57. The monoisotopic (exact) mass is 478 g/mol. The minimum Gasteiger partial charge on any atom is -0.449 e. The van der Waals surface area contributed by atoms with Crippen LogP contribution in [-0.2, 0) is 28.9 Å². The number of amides is 1. The Balaban J connectivity index is 1.46. The van der Waals surface area contributed by atoms with E-state index < -0.39 is 18.3 Å². The smallest absolute Gasteiger partial charge is 0.449 e. The van der Waals surface area contributed by atoms with E-state index in [0.717, 1.165) is 11.3 Å². The molecule has 0 bridgehead atoms. The summed E-state index contributed by atoms with van der Waals surface area (Å²) in [7, 11) is 0. The van der Waals surface area contributed by atoms with E-state index in [2.05, 4.69) is 14.7 Å². The zero-order valence-corrected chi connectivity index (χ0v) is 18.8. The first-order valence-electron chi connectivity index (χ1n) is 10.7. The molecule has 1 N–H and O–H groups in total. The third-order valence-electron chi connectivity index (χ3n) is 6.16. The molecule has 0 saturated carbocycles. The normalized spacial score (nSPS) is 18.1. The molecule has 1 amide bonds. The van der Waals surface area contributed by atoms with Crippen molar-refractivity contribution in [3.8, 4) is 0 Å². The maximum atomic E-state index is 14.0. The van der Waals surface area contributed by atoms with E-state index >= 15 is 0 Å². The topological polar surface area (TPSA) is 105 Å². The van der Waals surface area contributed by atoms with Crippen LogP contribution in [0.25, 0.3) is 0 Å². The lowest BCUT2D eigenvalue weighted by molar-refractivity contribution is -0.132. The van der Waals surface area contributed by atoms with Crippen molar-refractivity contribution in [1.82, 2.24) is 14.7 Å². The van der Waals surface area contributed by atoms with Crippen LogP contribution in [0.1, 0.15) is 33.7 Å². The van der Waals surface area contributed by atoms with Crippen LogP contribution in [0.4, 0.5) is 14.9 Å². The van der Waals surface area contributed by atoms with Crippen molar-refractivity contribution in [3.05, 3.63) is 45.7 Å². The Morgan fingerprint density at radius 3 is 2.67 bits per heavy atom. The molecule has 1 aromatic carbocycles. The summed E-state index contributed by atoms with van der Waals surface area (Å²) in [5.74, 6) is -1.34. The lowest BCUT2D eigenvalue weighted by atomic mass is 9.94. The van der Waals surface area contributed by atoms with Crippen molar-refractivity contribution < 1.29 is 28.6 Å². The molecule has 176 valence electrons. The molecule has 2 aromatic rings. The molecule has 1 fully saturated rings. The molecule has 1 atom stereocenters. The highest BCUT2D eigenvalue weighted by Crippen LogP contribution is 2.29. The van der Waals surface area contributed by atoms with Crippen molar-refractivity contribution in [1.29, 1.82) is 0 Å². The maximum absolute atomic E-state index is 14.0. The van der Waals surface area contributed by atoms with Gasteiger partial charge in [-0.25, -0.2) is 14.0 Å². The number of carboxylic acid groups (broad SMARTS) is 1. The summed E-state index contributed by atoms with van der Waals surface area (Å²) in [6.45, 7) is 4.15. The van der Waals surface area contributed by atoms with Gasteiger partial charge < -0.3 is 19.6 Å². The summed E-state index contributed by atoms with van der Waals surface area (Å²) < 4.78 is 19.6. The van der Waals surface area contributed by atoms with Gasteiger partial charge in [0.05, 0.1) is 0 Å². The van der Waals surface area contributed by atoms with Gasteiger partial charge >= 0.3 is 12.1 Å². The van der Waals surface area contributed by atoms with Gasteiger partial charge in [0.2, 0.25) is 5.91 Å². The predicted molar refractivity (Wildman–Crippen MR) is 118 cm³/mol. The van der Waals surface area contributed by atoms with Gasteiger partial charge in [0, 0.05) is 54.6 Å². The highest BCUT2D eigenvalue weighted by atomic mass is 35.5. The van der Waals surface area contributed by atoms with Gasteiger partial charge in [-0.15, -0.1) is 0 Å². The van der Waals surface area contributed by atoms with Gasteiger partial charge in [0.25, 0.3) is 0 Å². The first kappa shape index (κ1) is 23.0. The second-order valence-electron chi connectivity index (χ2n) is 8.18. The molecule has 0 spiro atoms. The molecule has 33 heavy (non-hydrogen) atoms. The molecule has 11 heteroatoms. The summed E-state index contributed by atoms with van der Waals surface area (Å²) in [5.41, 5.74) is 2.67. The molecule has 1 aliphatic carbocycles. The van der Waals surface area contributed by atoms with Crippen LogP contribution in [0.2, 0.25) is 5.02 Å². The van der Waals surface area contributed by atoms with Gasteiger partial charge in [-0.3, -0.25) is 9.48 Å². The summed E-state index contributed by atoms with van der Waals surface area (Å²) in [6.07, 6.45) is -2.44. The van der Waals surface area contributed by atoms with Gasteiger partial charge in [0.15, 0.2) is 5.69 Å². The Morgan fingerprint density at radius 1 is 1.24 bits per heavy atom. The van der Waals surface area contributed by atoms with Gasteiger partial charge in [-0.1, -0.05) is 17.7 Å². The number of hydrogen-bond acceptors (Lipinski definition) is 6. The van der Waals surface area contributed by atoms with Crippen LogP contribution in [0.3, 0.4) is 0 Å². The number of carbonyl (C=O) groups excluding carboxylic acids is 2. The van der Waals surface area contributed by atoms with Gasteiger partial charge in [0.1, 0.15) is 12.7 Å². The number of esters is 1. The molecule has 1 unspecified atom stereocenters. The van der Waals surface area contributed by atoms with E-state index in [4.69, 9.17) is 16.7 Å². The predicted octanol–water partition coefficient (Wildman–Crippen LogP) is 2.86. The summed E-state index contributed by atoms with van der Waals surface area (Å²) >= 11 is 6.23. The average Bonchev–Trinajstić information content (AvgIpc) is 3.13. The fourth-order valence-corrected chi connectivity index (χ4v) is 4.60. The maximum Gasteiger partial charge on any atom is 0.513 e. The van der Waals surface area contributed by atoms with Crippen LogP contribution in [0.15, 0.2) is 18.2 Å². The Bertz CT molecular complexity index is 1100. The fraction of sp³-hybridized carbons (Fsp3) is 0.455. The van der Waals surface area contributed by atoms with Crippen LogP contribution in [0.5, 0.6) is 0 Å². The number of halogens is 2. The molecular formula is C22H24ClFN4O5. The van der Waals surface area contributed by atoms with Crippen LogP contribution >= 0.6 is 11.6 Å². The number of anilines is 1. The highest BCUT2D eigenvalue weighted by Gasteiger charge is 2.32. The number of hydrogen-bond donors (Lipinski definition) is 1. The molecule has 1 aromatic heterocycles. The number of fused-ring (bicyclic) bond motifs is 1. The number of nitrogens with zero attached hydrogens (tertiary/aromatic N) is 4. The summed E-state index contributed by atoms with van der Waals surface area (Å²) in [4.78, 5) is 39.8. The molecule has 1 saturated heterocycles. The largest absolute Gasteiger partial charge is 0.513 e. The summed E-state index contributed by atoms with van der Waals surface area (Å²) in [6, 6.07) is 5.75. The molecule has 4 rings (SSSR count). The van der Waals surface area contributed by atoms with E-state index in [9.17, 15) is 18.8 Å². The SMILES string of the molecule is Cc1c(Cl)cccc1N1CCN(C(=O)Cn2nc(C(=O)OC(=O)O)c3c2CCC(F)C3)CC1. The number of carbonyl (C=O) groups is 3. The second-order valence-corrected chi connectivity index (χ2v) is 8.59. The average molecular weight is 479 g/mol. The lowest BCUT2D eigenvalue weighted by Crippen LogP contribution is -2.50. The number of alkyl halides is 1. The highest BCUT2D eigenvalue weighted by molar-refractivity contribution is 6.31. The Hall–Kier alpha value is -3.14. The van der Waals surface area contributed by atoms with Crippen molar-refractivity contribution in [2.45, 2.75) is 38.9 Å². The van der Waals surface area contributed by atoms with Crippen molar-refractivity contribution in [2.75, 3.05) is 31.1 Å². The molecule has 2 aliphatic rings. The molecule has 0 radical (unpaired) electrons. The number of benzene rings is 1. The fourth-order valence-electron chi connectivity index (χ4n) is 4.43. The lowest BCUT2D eigenvalue weighted by Gasteiger charge is -2.37. The Labute approximate surface area is 194 Å². The van der Waals surface area contributed by atoms with Crippen molar-refractivity contribution in [2.24, 2.45) is 0 Å². The van der Waals surface area contributed by atoms with Crippen molar-refractivity contribution >= 4 is 35.3 Å². The minimum atomic E-state index is -1.76. The first-order chi connectivity index (χ1) is 15.7. The van der Waals surface area contributed by atoms with E-state index in [1.54, 1.807) is 4.90 Å². The number of rotatable bonds is 4. The Kier molecular flexibility index (Phi) is 6.55. The quantitative estimate of drug-likeness (QED) is 0.532. The number of piperazine rings is 1. The molecular weight excluding hydrogens is 455 g/mol. The second kappa shape index (κ2) is 9.38. The van der Waals surface area contributed by atoms with Gasteiger partial charge in [-0.05, 0) is 37.5 Å². The van der Waals surface area contributed by atoms with Gasteiger partial charge in [-0.2, -0.15) is 5.10 Å². The Morgan fingerprint density at radius 2 is 1.97 bits per heavy atom. The van der Waals surface area contributed by atoms with Crippen LogP contribution in [0, 0.1) is 6.92 Å². The zero-order chi connectivity index (χ0) is 23.7. The van der Waals surface area contributed by atoms with E-state index in [0.29, 0.717) is 48.9 Å². The molecule has 9 nitrogen and oxygen atoms in total. The van der Waals surface area contributed by atoms with E-state index in [1.165, 1.54) is 4.68 Å². The zero-order valence-electron chi connectivity index (χ0n) is 18.1. The van der Waals surface area contributed by atoms with Crippen LogP contribution < -0.4 is 4.90 Å². The van der Waals surface area contributed by atoms with E-state index in [-0.39, 0.29) is 31.0 Å².